The Balaban J connectivity index is 0. The normalized spacial score (nSPS) is 20.8. The van der Waals surface area contributed by atoms with Gasteiger partial charge in [-0.3, -0.25) is 4.79 Å². The molecule has 0 bridgehead atoms. The Hall–Kier alpha value is -3.21. The lowest BCUT2D eigenvalue weighted by Gasteiger charge is -2.37. The zero-order valence-corrected chi connectivity index (χ0v) is 23.6. The van der Waals surface area contributed by atoms with Gasteiger partial charge in [-0.15, -0.1) is 12.3 Å². The van der Waals surface area contributed by atoms with Gasteiger partial charge < -0.3 is 15.7 Å². The number of carboxylic acid groups (broad SMARTS) is 1. The maximum absolute atomic E-state index is 12.6. The Morgan fingerprint density at radius 2 is 1.81 bits per heavy atom. The number of nitrogens with zero attached hydrogens (tertiary/aromatic N) is 3. The summed E-state index contributed by atoms with van der Waals surface area (Å²) < 4.78 is 25.2. The Morgan fingerprint density at radius 3 is 2.27 bits per heavy atom. The van der Waals surface area contributed by atoms with Gasteiger partial charge in [0.05, 0.1) is 0 Å². The highest BCUT2D eigenvalue weighted by molar-refractivity contribution is 5.97. The van der Waals surface area contributed by atoms with Crippen molar-refractivity contribution in [1.29, 1.82) is 0 Å². The van der Waals surface area contributed by atoms with E-state index in [1.54, 1.807) is 13.1 Å². The zero-order valence-electron chi connectivity index (χ0n) is 23.6. The van der Waals surface area contributed by atoms with Crippen molar-refractivity contribution in [2.75, 3.05) is 13.6 Å². The summed E-state index contributed by atoms with van der Waals surface area (Å²) in [6, 6.07) is 0. The number of aliphatic imine (C=N–C) groups is 2. The molecule has 0 heterocycles. The van der Waals surface area contributed by atoms with Gasteiger partial charge in [-0.1, -0.05) is 45.4 Å². The largest absolute Gasteiger partial charge is 0.481 e. The fourth-order valence-electron chi connectivity index (χ4n) is 3.27. The molecule has 1 aliphatic carbocycles. The number of amidine groups is 2. The molecule has 0 unspecified atom stereocenters. The second kappa shape index (κ2) is 19.9. The smallest absolute Gasteiger partial charge is 0.300 e. The molecule has 1 aliphatic rings. The van der Waals surface area contributed by atoms with Crippen LogP contribution < -0.4 is 5.73 Å². The lowest BCUT2D eigenvalue weighted by Crippen LogP contribution is -2.31. The summed E-state index contributed by atoms with van der Waals surface area (Å²) in [5, 5.41) is 7.42. The fourth-order valence-corrected chi connectivity index (χ4v) is 3.27. The van der Waals surface area contributed by atoms with Gasteiger partial charge in [0.2, 0.25) is 0 Å². The third-order valence-corrected chi connectivity index (χ3v) is 6.01. The molecule has 1 fully saturated rings. The maximum atomic E-state index is 12.6. The van der Waals surface area contributed by atoms with Crippen LogP contribution in [0.1, 0.15) is 73.6 Å². The van der Waals surface area contributed by atoms with E-state index < -0.39 is 12.4 Å². The maximum Gasteiger partial charge on any atom is 0.300 e. The first-order valence-corrected chi connectivity index (χ1v) is 12.3. The van der Waals surface area contributed by atoms with Crippen LogP contribution in [0.15, 0.2) is 58.3 Å². The number of alkyl halides is 2. The summed E-state index contributed by atoms with van der Waals surface area (Å²) in [5.74, 6) is 3.49. The topological polar surface area (TPSA) is 91.3 Å². The summed E-state index contributed by atoms with van der Waals surface area (Å²) in [5.41, 5.74) is 6.91. The molecule has 1 saturated carbocycles. The average Bonchev–Trinajstić information content (AvgIpc) is 2.82. The number of allylic oxidation sites excluding steroid dienone is 4. The average molecular weight is 521 g/mol. The molecule has 37 heavy (non-hydrogen) atoms. The van der Waals surface area contributed by atoms with Crippen molar-refractivity contribution < 1.29 is 18.7 Å². The van der Waals surface area contributed by atoms with E-state index in [9.17, 15) is 8.78 Å². The minimum Gasteiger partial charge on any atom is -0.481 e. The third kappa shape index (κ3) is 18.7. The predicted molar refractivity (Wildman–Crippen MR) is 153 cm³/mol. The summed E-state index contributed by atoms with van der Waals surface area (Å²) in [4.78, 5) is 19.7. The van der Waals surface area contributed by atoms with E-state index >= 15 is 0 Å². The number of carbonyl (C=O) groups is 1. The van der Waals surface area contributed by atoms with Gasteiger partial charge in [-0.2, -0.15) is 0 Å². The summed E-state index contributed by atoms with van der Waals surface area (Å²) >= 11 is 0. The van der Waals surface area contributed by atoms with Crippen molar-refractivity contribution in [3.8, 4) is 12.3 Å². The first-order chi connectivity index (χ1) is 17.2. The minimum atomic E-state index is -2.56. The standard InChI is InChI=1S/C24H38F2N4.C3H4.C2H4O2/c1-7-21(22(25)26)9-8-15-28-23(27)19(3)17-29-20(4)30(6)16-14-24(5)12-10-18(2)11-13-24;1-3-2;1-2(3)4/h7-9,15,17-18,22H,1,10-14,16H2,2-6H3,(H2,27,28);1H,2H3;1H3,(H,3,4)/b15-8+,19-17+,21-9+,29-20?;;. The number of carboxylic acids is 1. The SMILES string of the molecule is C#CC.C=C\C(=C/C=C/N=C(N)/C(C)=C/N=C(C)N(C)CCC1(C)CCC(C)CC1)C(F)F.CC(=O)O. The monoisotopic (exact) mass is 520 g/mol. The lowest BCUT2D eigenvalue weighted by molar-refractivity contribution is -0.134. The second-order valence-electron chi connectivity index (χ2n) is 9.49. The Labute approximate surface area is 222 Å². The first-order valence-electron chi connectivity index (χ1n) is 12.3. The van der Waals surface area contributed by atoms with Crippen LogP contribution in [-0.4, -0.2) is 47.7 Å². The van der Waals surface area contributed by atoms with E-state index in [0.29, 0.717) is 16.8 Å². The molecule has 0 atom stereocenters. The van der Waals surface area contributed by atoms with Crippen LogP contribution in [0, 0.1) is 23.7 Å². The van der Waals surface area contributed by atoms with Crippen molar-refractivity contribution in [3.63, 3.8) is 0 Å². The van der Waals surface area contributed by atoms with Gasteiger partial charge in [0.25, 0.3) is 12.4 Å². The number of halogens is 2. The molecular formula is C29H46F2N4O2. The summed E-state index contributed by atoms with van der Waals surface area (Å²) in [6.45, 7) is 15.6. The molecule has 6 nitrogen and oxygen atoms in total. The fraction of sp³-hybridized carbons (Fsp3) is 0.552. The Kier molecular flexibility index (Phi) is 19.4. The first kappa shape index (κ1) is 35.9. The quantitative estimate of drug-likeness (QED) is 0.151. The molecule has 0 radical (unpaired) electrons. The van der Waals surface area contributed by atoms with E-state index in [2.05, 4.69) is 54.7 Å². The van der Waals surface area contributed by atoms with Gasteiger partial charge in [0.1, 0.15) is 11.7 Å². The molecule has 8 heteroatoms. The molecule has 0 aliphatic heterocycles. The predicted octanol–water partition coefficient (Wildman–Crippen LogP) is 6.83. The molecule has 0 aromatic heterocycles. The lowest BCUT2D eigenvalue weighted by atomic mass is 9.70. The van der Waals surface area contributed by atoms with Gasteiger partial charge in [0.15, 0.2) is 0 Å². The molecule has 0 aromatic rings. The van der Waals surface area contributed by atoms with E-state index in [4.69, 9.17) is 15.6 Å². The zero-order chi connectivity index (χ0) is 29.0. The molecule has 1 rings (SSSR count). The second-order valence-corrected chi connectivity index (χ2v) is 9.49. The van der Waals surface area contributed by atoms with Gasteiger partial charge in [-0.05, 0) is 57.4 Å². The van der Waals surface area contributed by atoms with E-state index in [1.807, 2.05) is 13.8 Å². The van der Waals surface area contributed by atoms with Crippen molar-refractivity contribution in [2.45, 2.75) is 80.1 Å². The third-order valence-electron chi connectivity index (χ3n) is 6.01. The molecule has 0 amide bonds. The summed E-state index contributed by atoms with van der Waals surface area (Å²) in [6.07, 6.45) is 15.3. The number of hydrogen-bond acceptors (Lipinski definition) is 3. The number of rotatable bonds is 9. The van der Waals surface area contributed by atoms with Crippen molar-refractivity contribution in [1.82, 2.24) is 4.90 Å². The highest BCUT2D eigenvalue weighted by Gasteiger charge is 2.29. The number of hydrogen-bond donors (Lipinski definition) is 2. The molecule has 3 N–H and O–H groups in total. The van der Waals surface area contributed by atoms with E-state index in [1.165, 1.54) is 50.5 Å². The van der Waals surface area contributed by atoms with Crippen LogP contribution in [0.4, 0.5) is 8.78 Å². The van der Waals surface area contributed by atoms with E-state index in [0.717, 1.165) is 31.3 Å². The Bertz CT molecular complexity index is 884. The number of aliphatic carboxylic acids is 1. The minimum absolute atomic E-state index is 0.160. The van der Waals surface area contributed by atoms with Crippen LogP contribution in [0.25, 0.3) is 0 Å². The van der Waals surface area contributed by atoms with Crippen LogP contribution in [0.5, 0.6) is 0 Å². The highest BCUT2D eigenvalue weighted by atomic mass is 19.3. The van der Waals surface area contributed by atoms with Crippen LogP contribution in [-0.2, 0) is 4.79 Å². The summed E-state index contributed by atoms with van der Waals surface area (Å²) in [7, 11) is 2.06. The molecule has 0 spiro atoms. The van der Waals surface area contributed by atoms with E-state index in [-0.39, 0.29) is 5.57 Å². The Morgan fingerprint density at radius 1 is 1.30 bits per heavy atom. The van der Waals surface area contributed by atoms with Crippen LogP contribution in [0.2, 0.25) is 0 Å². The van der Waals surface area contributed by atoms with Crippen molar-refractivity contribution in [2.24, 2.45) is 27.1 Å². The molecule has 0 aromatic carbocycles. The molecule has 0 saturated heterocycles. The van der Waals surface area contributed by atoms with Gasteiger partial charge in [0, 0.05) is 44.1 Å². The van der Waals surface area contributed by atoms with Crippen molar-refractivity contribution >= 4 is 17.6 Å². The number of terminal acetylenes is 1. The molecular weight excluding hydrogens is 474 g/mol. The van der Waals surface area contributed by atoms with Gasteiger partial charge >= 0.3 is 0 Å². The van der Waals surface area contributed by atoms with Crippen LogP contribution in [0.3, 0.4) is 0 Å². The molecule has 208 valence electrons. The van der Waals surface area contributed by atoms with Crippen LogP contribution >= 0.6 is 0 Å². The van der Waals surface area contributed by atoms with Gasteiger partial charge in [-0.25, -0.2) is 18.8 Å². The number of nitrogens with two attached hydrogens (primary N) is 1. The van der Waals surface area contributed by atoms with Crippen molar-refractivity contribution in [3.05, 3.63) is 48.4 Å². The highest BCUT2D eigenvalue weighted by Crippen LogP contribution is 2.41.